The van der Waals surface area contributed by atoms with Gasteiger partial charge in [-0.3, -0.25) is 4.79 Å². The molecule has 1 saturated heterocycles. The van der Waals surface area contributed by atoms with Gasteiger partial charge in [0.25, 0.3) is 0 Å². The predicted molar refractivity (Wildman–Crippen MR) is 59.8 cm³/mol. The predicted octanol–water partition coefficient (Wildman–Crippen LogP) is 0.671. The van der Waals surface area contributed by atoms with E-state index in [0.717, 1.165) is 39.0 Å². The molecule has 0 spiro atoms. The summed E-state index contributed by atoms with van der Waals surface area (Å²) in [7, 11) is 0. The molecule has 0 bridgehead atoms. The average molecular weight is 214 g/mol. The van der Waals surface area contributed by atoms with Gasteiger partial charge in [0.2, 0.25) is 5.91 Å². The van der Waals surface area contributed by atoms with E-state index in [2.05, 4.69) is 17.6 Å². The van der Waals surface area contributed by atoms with Gasteiger partial charge in [-0.1, -0.05) is 6.92 Å². The van der Waals surface area contributed by atoms with Crippen LogP contribution in [0.5, 0.6) is 0 Å². The Hall–Kier alpha value is -0.610. The first-order chi connectivity index (χ1) is 7.16. The van der Waals surface area contributed by atoms with E-state index in [1.165, 1.54) is 0 Å². The van der Waals surface area contributed by atoms with Gasteiger partial charge in [-0.05, 0) is 26.2 Å². The molecular formula is C11H22N2O2. The second kappa shape index (κ2) is 6.08. The maximum atomic E-state index is 11.3. The molecule has 1 unspecified atom stereocenters. The highest BCUT2D eigenvalue weighted by Crippen LogP contribution is 2.23. The Morgan fingerprint density at radius 2 is 2.33 bits per heavy atom. The van der Waals surface area contributed by atoms with Gasteiger partial charge in [0.15, 0.2) is 0 Å². The summed E-state index contributed by atoms with van der Waals surface area (Å²) in [6.07, 6.45) is 3.18. The Morgan fingerprint density at radius 1 is 1.53 bits per heavy atom. The van der Waals surface area contributed by atoms with Gasteiger partial charge in [0.1, 0.15) is 0 Å². The summed E-state index contributed by atoms with van der Waals surface area (Å²) >= 11 is 0. The van der Waals surface area contributed by atoms with E-state index in [1.807, 2.05) is 6.92 Å². The molecule has 4 nitrogen and oxygen atoms in total. The number of carbonyl (C=O) groups is 1. The molecule has 15 heavy (non-hydrogen) atoms. The zero-order valence-corrected chi connectivity index (χ0v) is 9.77. The van der Waals surface area contributed by atoms with Gasteiger partial charge in [-0.15, -0.1) is 0 Å². The SMILES string of the molecule is CCCNC(=O)CNCC1(C)CCCO1. The fourth-order valence-corrected chi connectivity index (χ4v) is 1.74. The van der Waals surface area contributed by atoms with E-state index in [-0.39, 0.29) is 11.5 Å². The Labute approximate surface area is 91.8 Å². The summed E-state index contributed by atoms with van der Waals surface area (Å²) in [5.74, 6) is 0.0680. The second-order valence-electron chi connectivity index (χ2n) is 4.36. The van der Waals surface area contributed by atoms with Gasteiger partial charge in [0, 0.05) is 19.7 Å². The molecule has 1 amide bonds. The van der Waals surface area contributed by atoms with Crippen molar-refractivity contribution in [3.8, 4) is 0 Å². The monoisotopic (exact) mass is 214 g/mol. The molecule has 1 aliphatic heterocycles. The van der Waals surface area contributed by atoms with Gasteiger partial charge in [-0.25, -0.2) is 0 Å². The van der Waals surface area contributed by atoms with E-state index in [0.29, 0.717) is 6.54 Å². The van der Waals surface area contributed by atoms with E-state index < -0.39 is 0 Å². The first-order valence-electron chi connectivity index (χ1n) is 5.78. The summed E-state index contributed by atoms with van der Waals surface area (Å²) in [5.41, 5.74) is -0.0644. The third kappa shape index (κ3) is 4.62. The minimum Gasteiger partial charge on any atom is -0.374 e. The number of ether oxygens (including phenoxy) is 1. The van der Waals surface area contributed by atoms with Crippen LogP contribution in [-0.2, 0) is 9.53 Å². The Kier molecular flexibility index (Phi) is 5.05. The third-order valence-corrected chi connectivity index (χ3v) is 2.66. The summed E-state index contributed by atoms with van der Waals surface area (Å²) in [6.45, 7) is 6.89. The van der Waals surface area contributed by atoms with Crippen LogP contribution >= 0.6 is 0 Å². The van der Waals surface area contributed by atoms with Crippen molar-refractivity contribution >= 4 is 5.91 Å². The number of nitrogens with one attached hydrogen (secondary N) is 2. The van der Waals surface area contributed by atoms with Crippen molar-refractivity contribution in [1.82, 2.24) is 10.6 Å². The summed E-state index contributed by atoms with van der Waals surface area (Å²) in [4.78, 5) is 11.3. The molecule has 4 heteroatoms. The first kappa shape index (κ1) is 12.5. The minimum absolute atomic E-state index is 0.0644. The van der Waals surface area contributed by atoms with Crippen LogP contribution in [0.25, 0.3) is 0 Å². The quantitative estimate of drug-likeness (QED) is 0.683. The molecule has 0 aliphatic carbocycles. The fourth-order valence-electron chi connectivity index (χ4n) is 1.74. The number of hydrogen-bond donors (Lipinski definition) is 2. The van der Waals surface area contributed by atoms with Crippen LogP contribution in [-0.4, -0.2) is 37.7 Å². The fraction of sp³-hybridized carbons (Fsp3) is 0.909. The van der Waals surface area contributed by atoms with Gasteiger partial charge in [-0.2, -0.15) is 0 Å². The molecule has 1 heterocycles. The normalized spacial score (nSPS) is 25.5. The van der Waals surface area contributed by atoms with Crippen molar-refractivity contribution in [2.24, 2.45) is 0 Å². The molecule has 1 fully saturated rings. The van der Waals surface area contributed by atoms with Crippen LogP contribution in [0, 0.1) is 0 Å². The largest absolute Gasteiger partial charge is 0.374 e. The number of amides is 1. The van der Waals surface area contributed by atoms with E-state index in [9.17, 15) is 4.79 Å². The van der Waals surface area contributed by atoms with Crippen LogP contribution < -0.4 is 10.6 Å². The maximum Gasteiger partial charge on any atom is 0.233 e. The maximum absolute atomic E-state index is 11.3. The lowest BCUT2D eigenvalue weighted by Gasteiger charge is -2.23. The van der Waals surface area contributed by atoms with Crippen LogP contribution in [0.15, 0.2) is 0 Å². The molecule has 0 saturated carbocycles. The first-order valence-corrected chi connectivity index (χ1v) is 5.78. The van der Waals surface area contributed by atoms with E-state index in [1.54, 1.807) is 0 Å². The lowest BCUT2D eigenvalue weighted by molar-refractivity contribution is -0.120. The van der Waals surface area contributed by atoms with Gasteiger partial charge >= 0.3 is 0 Å². The van der Waals surface area contributed by atoms with E-state index in [4.69, 9.17) is 4.74 Å². The lowest BCUT2D eigenvalue weighted by atomic mass is 10.0. The number of hydrogen-bond acceptors (Lipinski definition) is 3. The van der Waals surface area contributed by atoms with Crippen molar-refractivity contribution in [2.45, 2.75) is 38.7 Å². The summed E-state index contributed by atoms with van der Waals surface area (Å²) in [6, 6.07) is 0. The lowest BCUT2D eigenvalue weighted by Crippen LogP contribution is -2.42. The molecular weight excluding hydrogens is 192 g/mol. The van der Waals surface area contributed by atoms with Gasteiger partial charge < -0.3 is 15.4 Å². The second-order valence-corrected chi connectivity index (χ2v) is 4.36. The molecule has 2 N–H and O–H groups in total. The van der Waals surface area contributed by atoms with Crippen molar-refractivity contribution in [1.29, 1.82) is 0 Å². The molecule has 1 atom stereocenters. The zero-order valence-electron chi connectivity index (χ0n) is 9.77. The highest BCUT2D eigenvalue weighted by molar-refractivity contribution is 5.77. The Bertz CT molecular complexity index is 201. The summed E-state index contributed by atoms with van der Waals surface area (Å²) in [5, 5.41) is 5.97. The van der Waals surface area contributed by atoms with Crippen LogP contribution in [0.1, 0.15) is 33.1 Å². The zero-order chi connectivity index (χ0) is 11.1. The highest BCUT2D eigenvalue weighted by Gasteiger charge is 2.29. The van der Waals surface area contributed by atoms with Crippen molar-refractivity contribution < 1.29 is 9.53 Å². The number of rotatable bonds is 6. The molecule has 0 aromatic rings. The molecule has 88 valence electrons. The number of carbonyl (C=O) groups excluding carboxylic acids is 1. The van der Waals surface area contributed by atoms with Crippen LogP contribution in [0.4, 0.5) is 0 Å². The smallest absolute Gasteiger partial charge is 0.233 e. The van der Waals surface area contributed by atoms with Crippen molar-refractivity contribution in [3.05, 3.63) is 0 Å². The highest BCUT2D eigenvalue weighted by atomic mass is 16.5. The Morgan fingerprint density at radius 3 is 2.93 bits per heavy atom. The topological polar surface area (TPSA) is 50.4 Å². The molecule has 0 aromatic heterocycles. The summed E-state index contributed by atoms with van der Waals surface area (Å²) < 4.78 is 5.61. The average Bonchev–Trinajstić information content (AvgIpc) is 2.62. The van der Waals surface area contributed by atoms with Crippen LogP contribution in [0.3, 0.4) is 0 Å². The van der Waals surface area contributed by atoms with E-state index >= 15 is 0 Å². The molecule has 1 rings (SSSR count). The Balaban J connectivity index is 2.07. The molecule has 0 aromatic carbocycles. The van der Waals surface area contributed by atoms with Crippen molar-refractivity contribution in [3.63, 3.8) is 0 Å². The van der Waals surface area contributed by atoms with Gasteiger partial charge in [0.05, 0.1) is 12.1 Å². The standard InChI is InChI=1S/C11H22N2O2/c1-3-6-13-10(14)8-12-9-11(2)5-4-7-15-11/h12H,3-9H2,1-2H3,(H,13,14). The third-order valence-electron chi connectivity index (χ3n) is 2.66. The molecule has 0 radical (unpaired) electrons. The molecule has 1 aliphatic rings. The minimum atomic E-state index is -0.0644. The van der Waals surface area contributed by atoms with Crippen LogP contribution in [0.2, 0.25) is 0 Å². The van der Waals surface area contributed by atoms with Crippen molar-refractivity contribution in [2.75, 3.05) is 26.2 Å².